The van der Waals surface area contributed by atoms with Crippen molar-refractivity contribution < 1.29 is 24.2 Å². The smallest absolute Gasteiger partial charge is 0.411 e. The minimum Gasteiger partial charge on any atom is -0.444 e. The van der Waals surface area contributed by atoms with Gasteiger partial charge in [-0.15, -0.1) is 0 Å². The van der Waals surface area contributed by atoms with Gasteiger partial charge in [0.1, 0.15) is 12.7 Å². The van der Waals surface area contributed by atoms with Gasteiger partial charge < -0.3 is 20.3 Å². The number of anilines is 1. The zero-order valence-electron chi connectivity index (χ0n) is 13.4. The number of aromatic nitrogens is 1. The van der Waals surface area contributed by atoms with E-state index < -0.39 is 18.3 Å². The lowest BCUT2D eigenvalue weighted by Gasteiger charge is -2.14. The van der Waals surface area contributed by atoms with Gasteiger partial charge in [-0.1, -0.05) is 30.3 Å². The Labute approximate surface area is 144 Å². The molecule has 2 amide bonds. The first-order valence-corrected chi connectivity index (χ1v) is 7.56. The molecule has 2 aromatic rings. The molecule has 4 N–H and O–H groups in total. The summed E-state index contributed by atoms with van der Waals surface area (Å²) < 4.78 is 9.88. The molecule has 0 aliphatic carbocycles. The van der Waals surface area contributed by atoms with E-state index in [2.05, 4.69) is 10.3 Å². The number of primary amides is 1. The van der Waals surface area contributed by atoms with Crippen LogP contribution in [0, 0.1) is 0 Å². The molecule has 0 saturated heterocycles. The molecule has 1 aromatic carbocycles. The molecule has 1 heterocycles. The van der Waals surface area contributed by atoms with Crippen molar-refractivity contribution in [2.75, 3.05) is 11.9 Å². The summed E-state index contributed by atoms with van der Waals surface area (Å²) in [7, 11) is 0. The average molecular weight is 345 g/mol. The number of nitrogens with zero attached hydrogens (tertiary/aromatic N) is 1. The van der Waals surface area contributed by atoms with Crippen molar-refractivity contribution in [2.45, 2.75) is 19.1 Å². The third-order valence-electron chi connectivity index (χ3n) is 3.20. The van der Waals surface area contributed by atoms with Crippen LogP contribution in [0.25, 0.3) is 0 Å². The van der Waals surface area contributed by atoms with Gasteiger partial charge in [-0.2, -0.15) is 0 Å². The number of benzene rings is 1. The Bertz CT molecular complexity index is 708. The van der Waals surface area contributed by atoms with Crippen LogP contribution in [0.2, 0.25) is 0 Å². The number of hydrogen-bond acceptors (Lipinski definition) is 6. The molecule has 0 spiro atoms. The number of hydrogen-bond donors (Lipinski definition) is 3. The maximum Gasteiger partial charge on any atom is 0.411 e. The summed E-state index contributed by atoms with van der Waals surface area (Å²) in [5.74, 6) is 0. The number of nitrogens with two attached hydrogens (primary N) is 1. The van der Waals surface area contributed by atoms with Gasteiger partial charge in [0, 0.05) is 24.0 Å². The minimum atomic E-state index is -0.974. The molecule has 8 nitrogen and oxygen atoms in total. The molecule has 0 aliphatic heterocycles. The number of aliphatic hydroxyl groups is 1. The first-order chi connectivity index (χ1) is 12.1. The van der Waals surface area contributed by atoms with Gasteiger partial charge >= 0.3 is 12.2 Å². The first kappa shape index (κ1) is 18.2. The van der Waals surface area contributed by atoms with Crippen LogP contribution in [0.3, 0.4) is 0 Å². The Morgan fingerprint density at radius 3 is 2.68 bits per heavy atom. The predicted molar refractivity (Wildman–Crippen MR) is 89.7 cm³/mol. The quantitative estimate of drug-likeness (QED) is 0.703. The lowest BCUT2D eigenvalue weighted by molar-refractivity contribution is 0.0634. The summed E-state index contributed by atoms with van der Waals surface area (Å²) in [5, 5.41) is 11.8. The average Bonchev–Trinajstić information content (AvgIpc) is 2.60. The molecular weight excluding hydrogens is 326 g/mol. The van der Waals surface area contributed by atoms with Crippen LogP contribution in [0.1, 0.15) is 11.3 Å². The molecule has 0 radical (unpaired) electrons. The highest BCUT2D eigenvalue weighted by Crippen LogP contribution is 2.12. The summed E-state index contributed by atoms with van der Waals surface area (Å²) in [5.41, 5.74) is 6.80. The molecule has 2 rings (SSSR count). The van der Waals surface area contributed by atoms with E-state index in [1.54, 1.807) is 12.1 Å². The second-order valence-electron chi connectivity index (χ2n) is 5.17. The van der Waals surface area contributed by atoms with Crippen LogP contribution < -0.4 is 11.1 Å². The minimum absolute atomic E-state index is 0.156. The van der Waals surface area contributed by atoms with Crippen LogP contribution in [-0.4, -0.2) is 35.0 Å². The summed E-state index contributed by atoms with van der Waals surface area (Å²) >= 11 is 0. The number of rotatable bonds is 7. The topological polar surface area (TPSA) is 124 Å². The highest BCUT2D eigenvalue weighted by Gasteiger charge is 2.14. The molecule has 0 aliphatic rings. The van der Waals surface area contributed by atoms with E-state index in [1.807, 2.05) is 30.3 Å². The van der Waals surface area contributed by atoms with E-state index >= 15 is 0 Å². The summed E-state index contributed by atoms with van der Waals surface area (Å²) in [6.45, 7) is -0.231. The van der Waals surface area contributed by atoms with E-state index in [9.17, 15) is 14.7 Å². The van der Waals surface area contributed by atoms with Crippen LogP contribution in [0.4, 0.5) is 15.3 Å². The first-order valence-electron chi connectivity index (χ1n) is 7.56. The van der Waals surface area contributed by atoms with Crippen molar-refractivity contribution in [1.29, 1.82) is 0 Å². The lowest BCUT2D eigenvalue weighted by Crippen LogP contribution is -2.28. The molecule has 0 fully saturated rings. The molecule has 25 heavy (non-hydrogen) atoms. The van der Waals surface area contributed by atoms with Gasteiger partial charge in [0.2, 0.25) is 0 Å². The van der Waals surface area contributed by atoms with Gasteiger partial charge in [0.05, 0.1) is 6.61 Å². The van der Waals surface area contributed by atoms with Crippen molar-refractivity contribution in [3.8, 4) is 0 Å². The second-order valence-corrected chi connectivity index (χ2v) is 5.17. The Morgan fingerprint density at radius 2 is 2.00 bits per heavy atom. The largest absolute Gasteiger partial charge is 0.444 e. The highest BCUT2D eigenvalue weighted by molar-refractivity contribution is 5.84. The lowest BCUT2D eigenvalue weighted by atomic mass is 10.2. The fourth-order valence-electron chi connectivity index (χ4n) is 2.09. The second kappa shape index (κ2) is 9.24. The zero-order valence-corrected chi connectivity index (χ0v) is 13.4. The van der Waals surface area contributed by atoms with Crippen LogP contribution >= 0.6 is 0 Å². The van der Waals surface area contributed by atoms with Gasteiger partial charge in [-0.3, -0.25) is 10.3 Å². The summed E-state index contributed by atoms with van der Waals surface area (Å²) in [4.78, 5) is 26.7. The highest BCUT2D eigenvalue weighted by atomic mass is 16.6. The molecule has 0 saturated carbocycles. The molecule has 132 valence electrons. The van der Waals surface area contributed by atoms with Crippen molar-refractivity contribution >= 4 is 17.9 Å². The molecule has 1 aromatic heterocycles. The van der Waals surface area contributed by atoms with Crippen molar-refractivity contribution in [2.24, 2.45) is 5.73 Å². The third-order valence-corrected chi connectivity index (χ3v) is 3.20. The molecular formula is C17H19N3O5. The Balaban J connectivity index is 1.89. The molecule has 1 unspecified atom stereocenters. The number of aliphatic hydroxyl groups excluding tert-OH is 1. The SMILES string of the molecule is NC(=O)OC(CO)Cc1cc(NC(=O)OCc2ccccc2)ccn1. The van der Waals surface area contributed by atoms with Gasteiger partial charge in [-0.25, -0.2) is 9.59 Å². The monoisotopic (exact) mass is 345 g/mol. The number of nitrogens with one attached hydrogen (secondary N) is 1. The Morgan fingerprint density at radius 1 is 1.24 bits per heavy atom. The number of carbonyl (C=O) groups is 2. The number of ether oxygens (including phenoxy) is 2. The van der Waals surface area contributed by atoms with Gasteiger partial charge in [0.15, 0.2) is 0 Å². The van der Waals surface area contributed by atoms with Crippen molar-refractivity contribution in [1.82, 2.24) is 4.98 Å². The van der Waals surface area contributed by atoms with Crippen molar-refractivity contribution in [3.05, 3.63) is 59.9 Å². The van der Waals surface area contributed by atoms with E-state index in [1.165, 1.54) is 6.20 Å². The fourth-order valence-corrected chi connectivity index (χ4v) is 2.09. The fraction of sp³-hybridized carbons (Fsp3) is 0.235. The van der Waals surface area contributed by atoms with Crippen LogP contribution in [0.15, 0.2) is 48.7 Å². The predicted octanol–water partition coefficient (Wildman–Crippen LogP) is 1.83. The van der Waals surface area contributed by atoms with Crippen LogP contribution in [-0.2, 0) is 22.5 Å². The summed E-state index contributed by atoms with van der Waals surface area (Å²) in [6.07, 6.45) is -0.731. The van der Waals surface area contributed by atoms with Crippen molar-refractivity contribution in [3.63, 3.8) is 0 Å². The molecule has 1 atom stereocenters. The molecule has 8 heteroatoms. The number of amides is 2. The Hall–Kier alpha value is -3.13. The molecule has 0 bridgehead atoms. The van der Waals surface area contributed by atoms with E-state index in [0.29, 0.717) is 11.4 Å². The standard InChI is InChI=1S/C17H19N3O5/c18-16(22)25-15(10-21)9-14-8-13(6-7-19-14)20-17(23)24-11-12-4-2-1-3-5-12/h1-8,15,21H,9-11H2,(H2,18,22)(H,19,20,23). The Kier molecular flexibility index (Phi) is 6.73. The van der Waals surface area contributed by atoms with E-state index in [0.717, 1.165) is 5.56 Å². The maximum atomic E-state index is 11.8. The number of carbonyl (C=O) groups excluding carboxylic acids is 2. The van der Waals surface area contributed by atoms with Gasteiger partial charge in [-0.05, 0) is 17.7 Å². The normalized spacial score (nSPS) is 11.4. The maximum absolute atomic E-state index is 11.8. The number of pyridine rings is 1. The van der Waals surface area contributed by atoms with E-state index in [-0.39, 0.29) is 19.6 Å². The van der Waals surface area contributed by atoms with Gasteiger partial charge in [0.25, 0.3) is 0 Å². The summed E-state index contributed by atoms with van der Waals surface area (Å²) in [6, 6.07) is 12.5. The van der Waals surface area contributed by atoms with Crippen LogP contribution in [0.5, 0.6) is 0 Å². The third kappa shape index (κ3) is 6.48. The van der Waals surface area contributed by atoms with E-state index in [4.69, 9.17) is 15.2 Å². The zero-order chi connectivity index (χ0) is 18.1.